The first-order valence-corrected chi connectivity index (χ1v) is 12.4. The van der Waals surface area contributed by atoms with Gasteiger partial charge in [0.05, 0.1) is 0 Å². The number of benzene rings is 4. The number of rotatable bonds is 3. The SMILES string of the molecule is Cc1cc(-c2ccc(C(C)(C)C)cc2)ccc1-c1cc2c(cc1-c1cc#ccc1)oc1ccccc12. The number of hydrogen-bond donors (Lipinski definition) is 0. The molecule has 0 aliphatic carbocycles. The Morgan fingerprint density at radius 3 is 2.11 bits per heavy atom. The molecule has 1 heterocycles. The van der Waals surface area contributed by atoms with Crippen molar-refractivity contribution in [2.24, 2.45) is 0 Å². The highest BCUT2D eigenvalue weighted by Crippen LogP contribution is 2.41. The van der Waals surface area contributed by atoms with Crippen molar-refractivity contribution in [1.82, 2.24) is 0 Å². The van der Waals surface area contributed by atoms with Gasteiger partial charge in [-0.3, -0.25) is 0 Å². The molecule has 0 unspecified atom stereocenters. The molecule has 1 aromatic heterocycles. The summed E-state index contributed by atoms with van der Waals surface area (Å²) in [5, 5.41) is 2.28. The van der Waals surface area contributed by atoms with Crippen LogP contribution in [0.25, 0.3) is 55.3 Å². The monoisotopic (exact) mass is 464 g/mol. The molecule has 0 N–H and O–H groups in total. The van der Waals surface area contributed by atoms with Crippen LogP contribution in [0.15, 0.2) is 101 Å². The maximum Gasteiger partial charge on any atom is 0.136 e. The maximum atomic E-state index is 6.23. The number of furan rings is 1. The van der Waals surface area contributed by atoms with Crippen molar-refractivity contribution in [3.8, 4) is 33.4 Å². The molecule has 174 valence electrons. The summed E-state index contributed by atoms with van der Waals surface area (Å²) in [5.74, 6) is 0. The van der Waals surface area contributed by atoms with Crippen molar-refractivity contribution in [2.75, 3.05) is 0 Å². The van der Waals surface area contributed by atoms with E-state index in [1.165, 1.54) is 33.4 Å². The van der Waals surface area contributed by atoms with Gasteiger partial charge in [0.2, 0.25) is 0 Å². The van der Waals surface area contributed by atoms with E-state index in [0.29, 0.717) is 0 Å². The summed E-state index contributed by atoms with van der Waals surface area (Å²) >= 11 is 0. The lowest BCUT2D eigenvalue weighted by molar-refractivity contribution is 0.590. The predicted octanol–water partition coefficient (Wildman–Crippen LogP) is 9.79. The van der Waals surface area contributed by atoms with Gasteiger partial charge in [-0.25, -0.2) is 0 Å². The number of hydrogen-bond acceptors (Lipinski definition) is 1. The summed E-state index contributed by atoms with van der Waals surface area (Å²) < 4.78 is 6.23. The molecule has 36 heavy (non-hydrogen) atoms. The molecule has 0 atom stereocenters. The van der Waals surface area contributed by atoms with Crippen LogP contribution in [-0.2, 0) is 5.41 Å². The molecule has 0 saturated heterocycles. The van der Waals surface area contributed by atoms with Gasteiger partial charge in [0.1, 0.15) is 11.2 Å². The quantitative estimate of drug-likeness (QED) is 0.254. The molecule has 0 saturated carbocycles. The molecular weight excluding hydrogens is 436 g/mol. The average Bonchev–Trinajstić information content (AvgIpc) is 3.26. The van der Waals surface area contributed by atoms with Crippen LogP contribution in [0.3, 0.4) is 0 Å². The van der Waals surface area contributed by atoms with Gasteiger partial charge in [-0.1, -0.05) is 93.6 Å². The molecule has 0 aliphatic heterocycles. The zero-order valence-corrected chi connectivity index (χ0v) is 21.1. The zero-order valence-electron chi connectivity index (χ0n) is 21.1. The molecule has 1 heteroatoms. The second kappa shape index (κ2) is 8.43. The van der Waals surface area contributed by atoms with Crippen LogP contribution in [0.1, 0.15) is 31.9 Å². The first-order chi connectivity index (χ1) is 17.4. The van der Waals surface area contributed by atoms with Crippen molar-refractivity contribution in [2.45, 2.75) is 33.1 Å². The van der Waals surface area contributed by atoms with E-state index in [4.69, 9.17) is 4.42 Å². The second-order valence-electron chi connectivity index (χ2n) is 10.6. The minimum absolute atomic E-state index is 0.150. The predicted molar refractivity (Wildman–Crippen MR) is 151 cm³/mol. The highest BCUT2D eigenvalue weighted by atomic mass is 16.3. The summed E-state index contributed by atoms with van der Waals surface area (Å²) in [5.41, 5.74) is 11.7. The van der Waals surface area contributed by atoms with Gasteiger partial charge in [0.25, 0.3) is 0 Å². The normalized spacial score (nSPS) is 11.7. The van der Waals surface area contributed by atoms with Gasteiger partial charge < -0.3 is 4.42 Å². The zero-order chi connectivity index (χ0) is 24.9. The smallest absolute Gasteiger partial charge is 0.136 e. The van der Waals surface area contributed by atoms with E-state index < -0.39 is 0 Å². The van der Waals surface area contributed by atoms with Gasteiger partial charge in [-0.2, -0.15) is 0 Å². The van der Waals surface area contributed by atoms with Crippen LogP contribution in [0, 0.1) is 19.1 Å². The molecule has 6 aromatic rings. The van der Waals surface area contributed by atoms with Crippen LogP contribution in [-0.4, -0.2) is 0 Å². The Hall–Kier alpha value is -4.28. The minimum atomic E-state index is 0.150. The molecule has 0 fully saturated rings. The Balaban J connectivity index is 1.51. The van der Waals surface area contributed by atoms with Gasteiger partial charge in [0.15, 0.2) is 0 Å². The van der Waals surface area contributed by atoms with Gasteiger partial charge in [-0.15, -0.1) is 0 Å². The number of para-hydroxylation sites is 1. The molecule has 0 aliphatic rings. The Kier molecular flexibility index (Phi) is 5.20. The highest BCUT2D eigenvalue weighted by Gasteiger charge is 2.17. The summed E-state index contributed by atoms with van der Waals surface area (Å²) in [6.07, 6.45) is 0. The summed E-state index contributed by atoms with van der Waals surface area (Å²) in [6, 6.07) is 40.6. The third-order valence-electron chi connectivity index (χ3n) is 7.09. The fourth-order valence-corrected chi connectivity index (χ4v) is 5.06. The summed E-state index contributed by atoms with van der Waals surface area (Å²) in [4.78, 5) is 0. The molecule has 5 aromatic carbocycles. The number of aryl methyl sites for hydroxylation is 1. The van der Waals surface area contributed by atoms with E-state index in [2.05, 4.69) is 113 Å². The van der Waals surface area contributed by atoms with Crippen LogP contribution >= 0.6 is 0 Å². The van der Waals surface area contributed by atoms with E-state index in [1.807, 2.05) is 24.3 Å². The van der Waals surface area contributed by atoms with Crippen molar-refractivity contribution >= 4 is 21.9 Å². The highest BCUT2D eigenvalue weighted by molar-refractivity contribution is 6.09. The lowest BCUT2D eigenvalue weighted by Gasteiger charge is -2.19. The Labute approximate surface area is 213 Å². The van der Waals surface area contributed by atoms with Crippen LogP contribution in [0.5, 0.6) is 0 Å². The molecule has 0 radical (unpaired) electrons. The van der Waals surface area contributed by atoms with Crippen molar-refractivity contribution in [3.63, 3.8) is 0 Å². The third-order valence-corrected chi connectivity index (χ3v) is 7.09. The minimum Gasteiger partial charge on any atom is -0.456 e. The second-order valence-corrected chi connectivity index (χ2v) is 10.6. The molecule has 6 rings (SSSR count). The van der Waals surface area contributed by atoms with Gasteiger partial charge in [0, 0.05) is 10.8 Å². The van der Waals surface area contributed by atoms with Gasteiger partial charge >= 0.3 is 0 Å². The lowest BCUT2D eigenvalue weighted by atomic mass is 9.85. The van der Waals surface area contributed by atoms with Crippen LogP contribution in [0.4, 0.5) is 0 Å². The fourth-order valence-electron chi connectivity index (χ4n) is 5.06. The molecular formula is C35H28O. The van der Waals surface area contributed by atoms with Crippen molar-refractivity contribution in [3.05, 3.63) is 120 Å². The van der Waals surface area contributed by atoms with E-state index in [0.717, 1.165) is 33.1 Å². The topological polar surface area (TPSA) is 13.1 Å². The number of fused-ring (bicyclic) bond motifs is 3. The standard InChI is InChI=1S/C35H28O/c1-23-20-26(24-14-17-27(18-15-24)35(2,3)4)16-19-28(23)31-21-32-29-12-8-9-13-33(29)36-34(32)22-30(31)25-10-6-5-7-11-25/h6,8-22H,1-4H3. The van der Waals surface area contributed by atoms with Crippen LogP contribution < -0.4 is 0 Å². The van der Waals surface area contributed by atoms with Crippen molar-refractivity contribution in [1.29, 1.82) is 0 Å². The van der Waals surface area contributed by atoms with E-state index in [9.17, 15) is 0 Å². The van der Waals surface area contributed by atoms with E-state index in [1.54, 1.807) is 0 Å². The first-order valence-electron chi connectivity index (χ1n) is 12.4. The largest absolute Gasteiger partial charge is 0.456 e. The molecule has 1 nitrogen and oxygen atoms in total. The van der Waals surface area contributed by atoms with Crippen LogP contribution in [0.2, 0.25) is 0 Å². The molecule has 0 bridgehead atoms. The van der Waals surface area contributed by atoms with Crippen molar-refractivity contribution < 1.29 is 4.42 Å². The Morgan fingerprint density at radius 2 is 1.39 bits per heavy atom. The average molecular weight is 465 g/mol. The third kappa shape index (κ3) is 3.86. The first kappa shape index (κ1) is 22.2. The molecule has 0 amide bonds. The maximum absolute atomic E-state index is 6.23. The van der Waals surface area contributed by atoms with E-state index in [-0.39, 0.29) is 5.41 Å². The summed E-state index contributed by atoms with van der Waals surface area (Å²) in [7, 11) is 0. The Morgan fingerprint density at radius 1 is 0.611 bits per heavy atom. The lowest BCUT2D eigenvalue weighted by Crippen LogP contribution is -2.10. The fraction of sp³-hybridized carbons (Fsp3) is 0.143. The summed E-state index contributed by atoms with van der Waals surface area (Å²) in [6.45, 7) is 8.96. The van der Waals surface area contributed by atoms with E-state index >= 15 is 0 Å². The van der Waals surface area contributed by atoms with Gasteiger partial charge in [-0.05, 0) is 93.2 Å². The molecule has 0 spiro atoms. The Bertz CT molecular complexity index is 1690.